The predicted octanol–water partition coefficient (Wildman–Crippen LogP) is 2.49. The van der Waals surface area contributed by atoms with Crippen LogP contribution in [0, 0.1) is 13.8 Å². The van der Waals surface area contributed by atoms with Crippen molar-refractivity contribution in [3.8, 4) is 17.1 Å². The minimum Gasteiger partial charge on any atom is -0.489 e. The summed E-state index contributed by atoms with van der Waals surface area (Å²) < 4.78 is 9.42. The van der Waals surface area contributed by atoms with Crippen LogP contribution in [0.2, 0.25) is 0 Å². The second-order valence-electron chi connectivity index (χ2n) is 8.02. The second-order valence-corrected chi connectivity index (χ2v) is 8.02. The van der Waals surface area contributed by atoms with Crippen molar-refractivity contribution >= 4 is 11.2 Å². The van der Waals surface area contributed by atoms with Crippen LogP contribution < -0.4 is 10.3 Å². The van der Waals surface area contributed by atoms with E-state index in [2.05, 4.69) is 27.0 Å². The average molecular weight is 404 g/mol. The summed E-state index contributed by atoms with van der Waals surface area (Å²) in [5, 5.41) is 4.59. The SMILES string of the molecule is Cc1cn2nc(-c3cc(=O)n4cc(OC5CCN(C)CC5)ccc4n3)cc2c(C)n1. The first kappa shape index (κ1) is 18.7. The van der Waals surface area contributed by atoms with Gasteiger partial charge in [-0.25, -0.2) is 9.50 Å². The molecule has 0 radical (unpaired) electrons. The number of aromatic nitrogens is 5. The van der Waals surface area contributed by atoms with Crippen molar-refractivity contribution in [1.82, 2.24) is 28.9 Å². The molecule has 1 aliphatic heterocycles. The number of likely N-dealkylation sites (tertiary alicyclic amines) is 1. The van der Waals surface area contributed by atoms with E-state index in [0.29, 0.717) is 22.8 Å². The molecule has 1 saturated heterocycles. The first-order valence-corrected chi connectivity index (χ1v) is 10.2. The largest absolute Gasteiger partial charge is 0.489 e. The van der Waals surface area contributed by atoms with Gasteiger partial charge in [0.1, 0.15) is 23.2 Å². The molecular weight excluding hydrogens is 380 g/mol. The number of ether oxygens (including phenoxy) is 1. The summed E-state index contributed by atoms with van der Waals surface area (Å²) in [7, 11) is 2.12. The van der Waals surface area contributed by atoms with Gasteiger partial charge >= 0.3 is 0 Å². The Morgan fingerprint density at radius 3 is 2.63 bits per heavy atom. The first-order valence-electron chi connectivity index (χ1n) is 10.2. The van der Waals surface area contributed by atoms with E-state index in [0.717, 1.165) is 42.8 Å². The summed E-state index contributed by atoms with van der Waals surface area (Å²) in [6.45, 7) is 5.93. The molecule has 0 N–H and O–H groups in total. The zero-order valence-electron chi connectivity index (χ0n) is 17.4. The Balaban J connectivity index is 1.48. The maximum atomic E-state index is 12.8. The molecule has 1 aliphatic rings. The van der Waals surface area contributed by atoms with Gasteiger partial charge in [-0.05, 0) is 51.9 Å². The molecule has 154 valence electrons. The van der Waals surface area contributed by atoms with Crippen LogP contribution in [0.25, 0.3) is 22.6 Å². The van der Waals surface area contributed by atoms with E-state index in [4.69, 9.17) is 4.74 Å². The van der Waals surface area contributed by atoms with Crippen molar-refractivity contribution in [2.45, 2.75) is 32.8 Å². The van der Waals surface area contributed by atoms with Crippen LogP contribution in [-0.2, 0) is 0 Å². The normalized spacial score (nSPS) is 15.8. The fraction of sp³-hybridized carbons (Fsp3) is 0.364. The van der Waals surface area contributed by atoms with Crippen LogP contribution in [0.3, 0.4) is 0 Å². The van der Waals surface area contributed by atoms with E-state index < -0.39 is 0 Å². The number of fused-ring (bicyclic) bond motifs is 2. The zero-order chi connectivity index (χ0) is 20.8. The topological polar surface area (TPSA) is 77.0 Å². The molecule has 1 fully saturated rings. The summed E-state index contributed by atoms with van der Waals surface area (Å²) in [5.74, 6) is 0.693. The molecule has 0 aliphatic carbocycles. The van der Waals surface area contributed by atoms with Crippen LogP contribution in [-0.4, -0.2) is 55.1 Å². The zero-order valence-corrected chi connectivity index (χ0v) is 17.4. The summed E-state index contributed by atoms with van der Waals surface area (Å²) in [6.07, 6.45) is 5.75. The van der Waals surface area contributed by atoms with Crippen LogP contribution in [0.1, 0.15) is 24.2 Å². The lowest BCUT2D eigenvalue weighted by Crippen LogP contribution is -2.35. The summed E-state index contributed by atoms with van der Waals surface area (Å²) in [6, 6.07) is 7.13. The Labute approximate surface area is 173 Å². The molecule has 4 aromatic heterocycles. The Morgan fingerprint density at radius 2 is 1.83 bits per heavy atom. The molecule has 8 heteroatoms. The van der Waals surface area contributed by atoms with E-state index in [1.807, 2.05) is 38.2 Å². The molecule has 5 rings (SSSR count). The highest BCUT2D eigenvalue weighted by Crippen LogP contribution is 2.21. The lowest BCUT2D eigenvalue weighted by Gasteiger charge is -2.29. The number of aryl methyl sites for hydroxylation is 2. The fourth-order valence-corrected chi connectivity index (χ4v) is 4.00. The van der Waals surface area contributed by atoms with Crippen molar-refractivity contribution in [3.63, 3.8) is 0 Å². The first-order chi connectivity index (χ1) is 14.5. The van der Waals surface area contributed by atoms with Crippen molar-refractivity contribution in [2.24, 2.45) is 0 Å². The van der Waals surface area contributed by atoms with E-state index in [1.165, 1.54) is 10.5 Å². The van der Waals surface area contributed by atoms with Gasteiger partial charge in [0.2, 0.25) is 0 Å². The number of nitrogens with zero attached hydrogens (tertiary/aromatic N) is 6. The van der Waals surface area contributed by atoms with Crippen LogP contribution in [0.4, 0.5) is 0 Å². The Kier molecular flexibility index (Phi) is 4.51. The molecule has 0 saturated carbocycles. The van der Waals surface area contributed by atoms with Gasteiger partial charge in [-0.15, -0.1) is 0 Å². The quantitative estimate of drug-likeness (QED) is 0.522. The third kappa shape index (κ3) is 3.43. The number of pyridine rings is 1. The molecule has 0 atom stereocenters. The van der Waals surface area contributed by atoms with Gasteiger partial charge in [0.05, 0.1) is 35.0 Å². The lowest BCUT2D eigenvalue weighted by molar-refractivity contribution is 0.114. The van der Waals surface area contributed by atoms with Gasteiger partial charge in [0.25, 0.3) is 5.56 Å². The summed E-state index contributed by atoms with van der Waals surface area (Å²) in [4.78, 5) is 24.2. The molecule has 8 nitrogen and oxygen atoms in total. The molecule has 0 spiro atoms. The summed E-state index contributed by atoms with van der Waals surface area (Å²) in [5.41, 5.74) is 4.28. The molecule has 0 aromatic carbocycles. The van der Waals surface area contributed by atoms with Crippen LogP contribution >= 0.6 is 0 Å². The number of hydrogen-bond acceptors (Lipinski definition) is 6. The van der Waals surface area contributed by atoms with Gasteiger partial charge in [-0.3, -0.25) is 14.2 Å². The standard InChI is InChI=1S/C22H24N6O2/c1-14-12-28-20(15(2)23-14)10-19(25-28)18-11-22(29)27-13-17(4-5-21(27)24-18)30-16-6-8-26(3)9-7-16/h4-5,10-13,16H,6-9H2,1-3H3. The monoisotopic (exact) mass is 404 g/mol. The van der Waals surface area contributed by atoms with Crippen molar-refractivity contribution < 1.29 is 4.74 Å². The average Bonchev–Trinajstić information content (AvgIpc) is 3.14. The Morgan fingerprint density at radius 1 is 1.03 bits per heavy atom. The van der Waals surface area contributed by atoms with Crippen LogP contribution in [0.5, 0.6) is 5.75 Å². The van der Waals surface area contributed by atoms with Gasteiger partial charge in [-0.2, -0.15) is 5.10 Å². The molecule has 30 heavy (non-hydrogen) atoms. The second kappa shape index (κ2) is 7.21. The summed E-state index contributed by atoms with van der Waals surface area (Å²) >= 11 is 0. The third-order valence-corrected chi connectivity index (χ3v) is 5.62. The van der Waals surface area contributed by atoms with Gasteiger partial charge in [0.15, 0.2) is 0 Å². The van der Waals surface area contributed by atoms with E-state index in [1.54, 1.807) is 10.7 Å². The highest BCUT2D eigenvalue weighted by atomic mass is 16.5. The van der Waals surface area contributed by atoms with Gasteiger partial charge in [-0.1, -0.05) is 0 Å². The minimum absolute atomic E-state index is 0.160. The lowest BCUT2D eigenvalue weighted by atomic mass is 10.1. The van der Waals surface area contributed by atoms with Gasteiger partial charge in [0, 0.05) is 19.2 Å². The highest BCUT2D eigenvalue weighted by molar-refractivity contribution is 5.66. The van der Waals surface area contributed by atoms with E-state index in [-0.39, 0.29) is 11.7 Å². The molecule has 0 bridgehead atoms. The number of piperidine rings is 1. The van der Waals surface area contributed by atoms with Crippen molar-refractivity contribution in [1.29, 1.82) is 0 Å². The molecular formula is C22H24N6O2. The maximum absolute atomic E-state index is 12.8. The predicted molar refractivity (Wildman–Crippen MR) is 114 cm³/mol. The Hall–Kier alpha value is -3.26. The maximum Gasteiger partial charge on any atom is 0.258 e. The minimum atomic E-state index is -0.160. The van der Waals surface area contributed by atoms with Gasteiger partial charge < -0.3 is 9.64 Å². The number of rotatable bonds is 3. The molecule has 0 unspecified atom stereocenters. The van der Waals surface area contributed by atoms with Crippen molar-refractivity contribution in [3.05, 3.63) is 58.4 Å². The molecule has 0 amide bonds. The molecule has 5 heterocycles. The van der Waals surface area contributed by atoms with E-state index >= 15 is 0 Å². The van der Waals surface area contributed by atoms with Crippen molar-refractivity contribution in [2.75, 3.05) is 20.1 Å². The van der Waals surface area contributed by atoms with E-state index in [9.17, 15) is 4.79 Å². The smallest absolute Gasteiger partial charge is 0.258 e. The third-order valence-electron chi connectivity index (χ3n) is 5.62. The molecule has 4 aromatic rings. The Bertz CT molecular complexity index is 1300. The highest BCUT2D eigenvalue weighted by Gasteiger charge is 2.18. The number of hydrogen-bond donors (Lipinski definition) is 0. The van der Waals surface area contributed by atoms with Crippen LogP contribution in [0.15, 0.2) is 41.5 Å². The fourth-order valence-electron chi connectivity index (χ4n) is 4.00.